The predicted octanol–water partition coefficient (Wildman–Crippen LogP) is 6.39. The van der Waals surface area contributed by atoms with Gasteiger partial charge in [0.15, 0.2) is 0 Å². The second-order valence-corrected chi connectivity index (χ2v) is 13.2. The number of hydrogen-bond acceptors (Lipinski definition) is 5. The normalized spacial score (nSPS) is 28.1. The van der Waals surface area contributed by atoms with Crippen LogP contribution in [0, 0.1) is 22.7 Å². The summed E-state index contributed by atoms with van der Waals surface area (Å²) in [7, 11) is 0. The van der Waals surface area contributed by atoms with Gasteiger partial charge in [-0.15, -0.1) is 0 Å². The van der Waals surface area contributed by atoms with Gasteiger partial charge in [-0.2, -0.15) is 0 Å². The summed E-state index contributed by atoms with van der Waals surface area (Å²) in [4.78, 5) is 27.2. The standard InChI is InChI=1S/C30H36Cl2O5/c1-29(2)12-21(33)27(22(34)13-29)26(28-23(35)14-30(3,4)15-24(28)36)20-11-19(32)8-9-25(20)37-16-17-6-5-7-18(31)10-17/h5-11,21,23,26-28,33,35H,12-16H2,1-4H3/t21-,23+,26?,27-,28+. The Balaban J connectivity index is 1.79. The highest BCUT2D eigenvalue weighted by molar-refractivity contribution is 6.31. The zero-order chi connectivity index (χ0) is 27.1. The van der Waals surface area contributed by atoms with E-state index in [0.717, 1.165) is 5.56 Å². The topological polar surface area (TPSA) is 83.8 Å². The first kappa shape index (κ1) is 28.1. The van der Waals surface area contributed by atoms with Crippen molar-refractivity contribution < 1.29 is 24.5 Å². The molecule has 0 spiro atoms. The summed E-state index contributed by atoms with van der Waals surface area (Å²) in [6.07, 6.45) is -0.518. The fourth-order valence-electron chi connectivity index (χ4n) is 6.33. The largest absolute Gasteiger partial charge is 0.489 e. The molecule has 0 saturated heterocycles. The van der Waals surface area contributed by atoms with Crippen molar-refractivity contribution in [3.05, 3.63) is 63.6 Å². The van der Waals surface area contributed by atoms with Crippen molar-refractivity contribution in [3.8, 4) is 5.75 Å². The first-order chi connectivity index (χ1) is 17.3. The Morgan fingerprint density at radius 3 is 1.92 bits per heavy atom. The van der Waals surface area contributed by atoms with Gasteiger partial charge in [0, 0.05) is 34.4 Å². The molecule has 2 fully saturated rings. The van der Waals surface area contributed by atoms with Gasteiger partial charge in [0.2, 0.25) is 0 Å². The summed E-state index contributed by atoms with van der Waals surface area (Å²) in [5.74, 6) is -2.25. The van der Waals surface area contributed by atoms with Crippen molar-refractivity contribution in [1.29, 1.82) is 0 Å². The van der Waals surface area contributed by atoms with E-state index < -0.39 is 30.0 Å². The summed E-state index contributed by atoms with van der Waals surface area (Å²) in [6, 6.07) is 12.4. The monoisotopic (exact) mass is 546 g/mol. The number of benzene rings is 2. The molecular weight excluding hydrogens is 511 g/mol. The van der Waals surface area contributed by atoms with E-state index in [1.54, 1.807) is 24.3 Å². The quantitative estimate of drug-likeness (QED) is 0.438. The number of aliphatic hydroxyl groups excluding tert-OH is 2. The van der Waals surface area contributed by atoms with E-state index in [0.29, 0.717) is 34.2 Å². The molecule has 5 nitrogen and oxygen atoms in total. The molecule has 2 aromatic rings. The van der Waals surface area contributed by atoms with E-state index in [4.69, 9.17) is 27.9 Å². The molecule has 0 radical (unpaired) electrons. The first-order valence-electron chi connectivity index (χ1n) is 12.8. The summed E-state index contributed by atoms with van der Waals surface area (Å²) >= 11 is 12.6. The Kier molecular flexibility index (Phi) is 8.11. The van der Waals surface area contributed by atoms with Gasteiger partial charge in [-0.25, -0.2) is 0 Å². The Morgan fingerprint density at radius 1 is 0.865 bits per heavy atom. The highest BCUT2D eigenvalue weighted by atomic mass is 35.5. The zero-order valence-corrected chi connectivity index (χ0v) is 23.4. The van der Waals surface area contributed by atoms with Crippen LogP contribution < -0.4 is 4.74 Å². The highest BCUT2D eigenvalue weighted by Crippen LogP contribution is 2.51. The van der Waals surface area contributed by atoms with Crippen LogP contribution in [0.3, 0.4) is 0 Å². The summed E-state index contributed by atoms with van der Waals surface area (Å²) in [6.45, 7) is 8.05. The molecule has 4 rings (SSSR count). The van der Waals surface area contributed by atoms with Crippen LogP contribution in [0.1, 0.15) is 70.4 Å². The van der Waals surface area contributed by atoms with Gasteiger partial charge < -0.3 is 14.9 Å². The minimum atomic E-state index is -0.962. The van der Waals surface area contributed by atoms with Gasteiger partial charge in [-0.05, 0) is 59.6 Å². The van der Waals surface area contributed by atoms with E-state index in [1.165, 1.54) is 0 Å². The molecular formula is C30H36Cl2O5. The maximum Gasteiger partial charge on any atom is 0.139 e. The molecule has 2 aliphatic rings. The molecule has 1 unspecified atom stereocenters. The summed E-state index contributed by atoms with van der Waals surface area (Å²) < 4.78 is 6.22. The van der Waals surface area contributed by atoms with Crippen LogP contribution >= 0.6 is 23.2 Å². The highest BCUT2D eigenvalue weighted by Gasteiger charge is 2.52. The van der Waals surface area contributed by atoms with E-state index >= 15 is 0 Å². The molecule has 2 N–H and O–H groups in total. The van der Waals surface area contributed by atoms with Crippen LogP contribution in [-0.2, 0) is 16.2 Å². The summed E-state index contributed by atoms with van der Waals surface area (Å²) in [5, 5.41) is 23.6. The molecule has 37 heavy (non-hydrogen) atoms. The predicted molar refractivity (Wildman–Crippen MR) is 145 cm³/mol. The second-order valence-electron chi connectivity index (χ2n) is 12.3. The number of rotatable bonds is 6. The van der Waals surface area contributed by atoms with Crippen molar-refractivity contribution in [1.82, 2.24) is 0 Å². The molecule has 0 bridgehead atoms. The third-order valence-corrected chi connectivity index (χ3v) is 8.26. The molecule has 0 heterocycles. The van der Waals surface area contributed by atoms with Crippen molar-refractivity contribution in [2.24, 2.45) is 22.7 Å². The van der Waals surface area contributed by atoms with Gasteiger partial charge in [0.05, 0.1) is 24.0 Å². The smallest absolute Gasteiger partial charge is 0.139 e. The minimum Gasteiger partial charge on any atom is -0.489 e. The number of aliphatic hydroxyl groups is 2. The first-order valence-corrected chi connectivity index (χ1v) is 13.6. The molecule has 5 atom stereocenters. The molecule has 2 saturated carbocycles. The number of halogens is 2. The Morgan fingerprint density at radius 2 is 1.41 bits per heavy atom. The van der Waals surface area contributed by atoms with Gasteiger partial charge in [0.25, 0.3) is 0 Å². The maximum atomic E-state index is 13.6. The van der Waals surface area contributed by atoms with Crippen molar-refractivity contribution in [3.63, 3.8) is 0 Å². The van der Waals surface area contributed by atoms with E-state index in [-0.39, 0.29) is 41.8 Å². The molecule has 200 valence electrons. The van der Waals surface area contributed by atoms with Crippen LogP contribution in [-0.4, -0.2) is 34.0 Å². The number of ketones is 2. The van der Waals surface area contributed by atoms with E-state index in [1.807, 2.05) is 45.9 Å². The lowest BCUT2D eigenvalue weighted by atomic mass is 9.58. The zero-order valence-electron chi connectivity index (χ0n) is 21.8. The van der Waals surface area contributed by atoms with Crippen molar-refractivity contribution >= 4 is 34.8 Å². The SMILES string of the molecule is CC1(C)CC(=O)[C@H](C(c2cc(Cl)ccc2OCc2cccc(Cl)c2)[C@@H]2C(=O)CC(C)(C)C[C@@H]2O)[C@H](O)C1. The Labute approximate surface area is 229 Å². The average Bonchev–Trinajstić information content (AvgIpc) is 2.74. The van der Waals surface area contributed by atoms with Crippen LogP contribution in [0.25, 0.3) is 0 Å². The number of ether oxygens (including phenoxy) is 1. The molecule has 0 amide bonds. The van der Waals surface area contributed by atoms with Gasteiger partial charge in [-0.3, -0.25) is 9.59 Å². The lowest BCUT2D eigenvalue weighted by molar-refractivity contribution is -0.144. The van der Waals surface area contributed by atoms with E-state index in [2.05, 4.69) is 0 Å². The minimum absolute atomic E-state index is 0.112. The molecule has 7 heteroatoms. The molecule has 0 aliphatic heterocycles. The Hall–Kier alpha value is -1.92. The van der Waals surface area contributed by atoms with Crippen LogP contribution in [0.15, 0.2) is 42.5 Å². The van der Waals surface area contributed by atoms with Crippen molar-refractivity contribution in [2.45, 2.75) is 78.1 Å². The lowest BCUT2D eigenvalue weighted by Gasteiger charge is -2.46. The number of carbonyl (C=O) groups excluding carboxylic acids is 2. The summed E-state index contributed by atoms with van der Waals surface area (Å²) in [5.41, 5.74) is 0.712. The maximum absolute atomic E-state index is 13.6. The third kappa shape index (κ3) is 6.39. The fraction of sp³-hybridized carbons (Fsp3) is 0.533. The second kappa shape index (κ2) is 10.7. The van der Waals surface area contributed by atoms with E-state index in [9.17, 15) is 19.8 Å². The number of hydrogen-bond donors (Lipinski definition) is 2. The van der Waals surface area contributed by atoms with Gasteiger partial charge in [0.1, 0.15) is 23.9 Å². The molecule has 2 aliphatic carbocycles. The Bertz CT molecular complexity index is 1130. The average molecular weight is 548 g/mol. The van der Waals surface area contributed by atoms with Gasteiger partial charge in [-0.1, -0.05) is 63.0 Å². The van der Waals surface area contributed by atoms with Gasteiger partial charge >= 0.3 is 0 Å². The lowest BCUT2D eigenvalue weighted by Crippen LogP contribution is -2.51. The van der Waals surface area contributed by atoms with Crippen LogP contribution in [0.5, 0.6) is 5.75 Å². The van der Waals surface area contributed by atoms with Crippen molar-refractivity contribution in [2.75, 3.05) is 0 Å². The fourth-order valence-corrected chi connectivity index (χ4v) is 6.72. The molecule has 0 aromatic heterocycles. The third-order valence-electron chi connectivity index (χ3n) is 7.79. The van der Waals surface area contributed by atoms with Crippen LogP contribution in [0.4, 0.5) is 0 Å². The number of Topliss-reactive ketones (excluding diaryl/α,β-unsaturated/α-hetero) is 2. The van der Waals surface area contributed by atoms with Crippen LogP contribution in [0.2, 0.25) is 10.0 Å². The molecule has 2 aromatic carbocycles. The number of carbonyl (C=O) groups is 2.